The predicted molar refractivity (Wildman–Crippen MR) is 65.6 cm³/mol. The van der Waals surface area contributed by atoms with Crippen LogP contribution in [0.5, 0.6) is 0 Å². The molecular formula is C10H9N5OS. The van der Waals surface area contributed by atoms with E-state index >= 15 is 0 Å². The van der Waals surface area contributed by atoms with E-state index in [9.17, 15) is 4.79 Å². The van der Waals surface area contributed by atoms with Gasteiger partial charge in [-0.15, -0.1) is 0 Å². The number of nitriles is 1. The van der Waals surface area contributed by atoms with Crippen LogP contribution < -0.4 is 15.9 Å². The van der Waals surface area contributed by atoms with Crippen molar-refractivity contribution in [2.45, 2.75) is 6.54 Å². The topological polar surface area (TPSA) is 108 Å². The summed E-state index contributed by atoms with van der Waals surface area (Å²) >= 11 is 1.10. The van der Waals surface area contributed by atoms with E-state index in [1.165, 1.54) is 6.20 Å². The van der Waals surface area contributed by atoms with Crippen molar-refractivity contribution in [3.8, 4) is 6.07 Å². The van der Waals surface area contributed by atoms with E-state index in [-0.39, 0.29) is 4.87 Å². The number of nitrogens with zero attached hydrogens (tertiary/aromatic N) is 2. The molecule has 2 heterocycles. The Morgan fingerprint density at radius 1 is 1.65 bits per heavy atom. The molecule has 0 atom stereocenters. The minimum atomic E-state index is -0.0949. The highest BCUT2D eigenvalue weighted by molar-refractivity contribution is 7.07. The molecular weight excluding hydrogens is 238 g/mol. The van der Waals surface area contributed by atoms with Crippen molar-refractivity contribution in [3.05, 3.63) is 38.6 Å². The van der Waals surface area contributed by atoms with Gasteiger partial charge in [0, 0.05) is 17.3 Å². The number of anilines is 2. The summed E-state index contributed by atoms with van der Waals surface area (Å²) in [6.07, 6.45) is 1.44. The Morgan fingerprint density at radius 2 is 2.47 bits per heavy atom. The SMILES string of the molecule is N#Cc1cnc(NCc2csc(=O)[nH]2)c(N)c1. The number of H-pyrrole nitrogens is 1. The van der Waals surface area contributed by atoms with Crippen LogP contribution in [0.3, 0.4) is 0 Å². The molecule has 17 heavy (non-hydrogen) atoms. The summed E-state index contributed by atoms with van der Waals surface area (Å²) in [6.45, 7) is 0.432. The van der Waals surface area contributed by atoms with E-state index in [0.29, 0.717) is 23.6 Å². The summed E-state index contributed by atoms with van der Waals surface area (Å²) < 4.78 is 0. The minimum absolute atomic E-state index is 0.0949. The maximum atomic E-state index is 10.9. The molecule has 2 aromatic rings. The van der Waals surface area contributed by atoms with Crippen molar-refractivity contribution in [2.24, 2.45) is 0 Å². The molecule has 2 rings (SSSR count). The van der Waals surface area contributed by atoms with Crippen molar-refractivity contribution in [2.75, 3.05) is 11.1 Å². The van der Waals surface area contributed by atoms with Crippen molar-refractivity contribution in [1.82, 2.24) is 9.97 Å². The zero-order valence-corrected chi connectivity index (χ0v) is 9.54. The van der Waals surface area contributed by atoms with E-state index in [4.69, 9.17) is 11.0 Å². The summed E-state index contributed by atoms with van der Waals surface area (Å²) in [5.74, 6) is 0.496. The summed E-state index contributed by atoms with van der Waals surface area (Å²) in [4.78, 5) is 17.5. The average Bonchev–Trinajstić information content (AvgIpc) is 2.73. The molecule has 86 valence electrons. The molecule has 6 nitrogen and oxygen atoms in total. The second-order valence-electron chi connectivity index (χ2n) is 3.30. The summed E-state index contributed by atoms with van der Waals surface area (Å²) in [5, 5.41) is 13.4. The first-order chi connectivity index (χ1) is 8.19. The Morgan fingerprint density at radius 3 is 3.06 bits per heavy atom. The molecule has 0 saturated carbocycles. The third-order valence-electron chi connectivity index (χ3n) is 2.06. The highest BCUT2D eigenvalue weighted by Gasteiger charge is 2.03. The van der Waals surface area contributed by atoms with Gasteiger partial charge in [0.05, 0.1) is 17.8 Å². The molecule has 0 bridgehead atoms. The zero-order valence-electron chi connectivity index (χ0n) is 8.73. The van der Waals surface area contributed by atoms with Gasteiger partial charge in [0.15, 0.2) is 0 Å². The lowest BCUT2D eigenvalue weighted by Gasteiger charge is -2.06. The standard InChI is InChI=1S/C10H9N5OS/c11-2-6-1-8(12)9(13-3-6)14-4-7-5-17-10(16)15-7/h1,3,5H,4,12H2,(H,13,14)(H,15,16). The molecule has 0 radical (unpaired) electrons. The zero-order chi connectivity index (χ0) is 12.3. The number of thiazole rings is 1. The van der Waals surface area contributed by atoms with E-state index in [1.807, 2.05) is 6.07 Å². The highest BCUT2D eigenvalue weighted by Crippen LogP contribution is 2.16. The van der Waals surface area contributed by atoms with E-state index in [2.05, 4.69) is 15.3 Å². The lowest BCUT2D eigenvalue weighted by atomic mass is 10.3. The highest BCUT2D eigenvalue weighted by atomic mass is 32.1. The van der Waals surface area contributed by atoms with Crippen LogP contribution in [0.15, 0.2) is 22.4 Å². The van der Waals surface area contributed by atoms with Crippen LogP contribution in [0.2, 0.25) is 0 Å². The van der Waals surface area contributed by atoms with Crippen LogP contribution in [-0.4, -0.2) is 9.97 Å². The van der Waals surface area contributed by atoms with Crippen LogP contribution in [0, 0.1) is 11.3 Å². The lowest BCUT2D eigenvalue weighted by molar-refractivity contribution is 1.04. The largest absolute Gasteiger partial charge is 0.396 e. The molecule has 0 aromatic carbocycles. The molecule has 0 amide bonds. The van der Waals surface area contributed by atoms with E-state index in [1.54, 1.807) is 11.4 Å². The maximum Gasteiger partial charge on any atom is 0.304 e. The Bertz CT molecular complexity index is 624. The average molecular weight is 247 g/mol. The van der Waals surface area contributed by atoms with Gasteiger partial charge in [-0.2, -0.15) is 5.26 Å². The molecule has 0 spiro atoms. The number of rotatable bonds is 3. The first kappa shape index (κ1) is 11.2. The predicted octanol–water partition coefficient (Wildman–Crippen LogP) is 0.897. The van der Waals surface area contributed by atoms with Gasteiger partial charge in [-0.1, -0.05) is 11.3 Å². The smallest absolute Gasteiger partial charge is 0.304 e. The van der Waals surface area contributed by atoms with Crippen LogP contribution in [0.25, 0.3) is 0 Å². The summed E-state index contributed by atoms with van der Waals surface area (Å²) in [7, 11) is 0. The second kappa shape index (κ2) is 4.67. The quantitative estimate of drug-likeness (QED) is 0.746. The van der Waals surface area contributed by atoms with E-state index in [0.717, 1.165) is 17.0 Å². The molecule has 4 N–H and O–H groups in total. The van der Waals surface area contributed by atoms with Crippen LogP contribution in [0.1, 0.15) is 11.3 Å². The monoisotopic (exact) mass is 247 g/mol. The first-order valence-corrected chi connectivity index (χ1v) is 5.63. The number of hydrogen-bond acceptors (Lipinski definition) is 6. The van der Waals surface area contributed by atoms with Crippen molar-refractivity contribution < 1.29 is 0 Å². The van der Waals surface area contributed by atoms with Crippen LogP contribution in [0.4, 0.5) is 11.5 Å². The molecule has 0 aliphatic carbocycles. The number of aromatic nitrogens is 2. The van der Waals surface area contributed by atoms with Crippen molar-refractivity contribution in [1.29, 1.82) is 5.26 Å². The van der Waals surface area contributed by atoms with Crippen LogP contribution >= 0.6 is 11.3 Å². The molecule has 0 fully saturated rings. The molecule has 7 heteroatoms. The number of nitrogens with two attached hydrogens (primary N) is 1. The number of aromatic amines is 1. The molecule has 0 saturated heterocycles. The second-order valence-corrected chi connectivity index (χ2v) is 4.14. The third-order valence-corrected chi connectivity index (χ3v) is 2.78. The molecule has 0 aliphatic rings. The normalized spacial score (nSPS) is 9.82. The number of hydrogen-bond donors (Lipinski definition) is 3. The summed E-state index contributed by atoms with van der Waals surface area (Å²) in [6, 6.07) is 3.50. The Labute approximate surface area is 101 Å². The Hall–Kier alpha value is -2.33. The van der Waals surface area contributed by atoms with Crippen molar-refractivity contribution in [3.63, 3.8) is 0 Å². The Kier molecular flexibility index (Phi) is 3.07. The third kappa shape index (κ3) is 2.62. The maximum absolute atomic E-state index is 10.9. The molecule has 0 unspecified atom stereocenters. The van der Waals surface area contributed by atoms with Gasteiger partial charge in [-0.25, -0.2) is 4.98 Å². The number of nitrogens with one attached hydrogen (secondary N) is 2. The van der Waals surface area contributed by atoms with Gasteiger partial charge >= 0.3 is 4.87 Å². The van der Waals surface area contributed by atoms with Gasteiger partial charge < -0.3 is 16.0 Å². The van der Waals surface area contributed by atoms with Gasteiger partial charge in [-0.3, -0.25) is 4.79 Å². The van der Waals surface area contributed by atoms with Gasteiger partial charge in [-0.05, 0) is 6.07 Å². The van der Waals surface area contributed by atoms with Crippen molar-refractivity contribution >= 4 is 22.8 Å². The lowest BCUT2D eigenvalue weighted by Crippen LogP contribution is -2.06. The van der Waals surface area contributed by atoms with Crippen LogP contribution in [-0.2, 0) is 6.54 Å². The molecule has 0 aliphatic heterocycles. The fourth-order valence-corrected chi connectivity index (χ4v) is 1.85. The fraction of sp³-hybridized carbons (Fsp3) is 0.100. The Balaban J connectivity index is 2.09. The number of nitrogen functional groups attached to an aromatic ring is 1. The number of pyridine rings is 1. The van der Waals surface area contributed by atoms with E-state index < -0.39 is 0 Å². The van der Waals surface area contributed by atoms with Gasteiger partial charge in [0.25, 0.3) is 0 Å². The van der Waals surface area contributed by atoms with Gasteiger partial charge in [0.1, 0.15) is 11.9 Å². The molecule has 2 aromatic heterocycles. The minimum Gasteiger partial charge on any atom is -0.396 e. The first-order valence-electron chi connectivity index (χ1n) is 4.75. The van der Waals surface area contributed by atoms with Gasteiger partial charge in [0.2, 0.25) is 0 Å². The fourth-order valence-electron chi connectivity index (χ4n) is 1.27. The summed E-state index contributed by atoms with van der Waals surface area (Å²) in [5.41, 5.74) is 7.31.